The number of carbonyl (C=O) groups is 2. The van der Waals surface area contributed by atoms with Crippen molar-refractivity contribution in [3.63, 3.8) is 0 Å². The average molecular weight is 314 g/mol. The van der Waals surface area contributed by atoms with Crippen LogP contribution in [0, 0.1) is 0 Å². The van der Waals surface area contributed by atoms with Crippen LogP contribution in [0.4, 0.5) is 0 Å². The van der Waals surface area contributed by atoms with Gasteiger partial charge in [0, 0.05) is 26.6 Å². The van der Waals surface area contributed by atoms with Gasteiger partial charge in [0.15, 0.2) is 5.16 Å². The predicted molar refractivity (Wildman–Crippen MR) is 80.6 cm³/mol. The van der Waals surface area contributed by atoms with E-state index in [9.17, 15) is 9.59 Å². The second kappa shape index (κ2) is 9.35. The van der Waals surface area contributed by atoms with Crippen molar-refractivity contribution in [2.45, 2.75) is 38.5 Å². The van der Waals surface area contributed by atoms with Gasteiger partial charge in [-0.05, 0) is 6.42 Å². The lowest BCUT2D eigenvalue weighted by molar-refractivity contribution is -0.120. The first kappa shape index (κ1) is 17.4. The van der Waals surface area contributed by atoms with Crippen molar-refractivity contribution < 1.29 is 9.59 Å². The summed E-state index contributed by atoms with van der Waals surface area (Å²) in [5.74, 6) is 0.767. The van der Waals surface area contributed by atoms with Gasteiger partial charge in [-0.3, -0.25) is 9.59 Å². The van der Waals surface area contributed by atoms with Gasteiger partial charge in [0.1, 0.15) is 5.82 Å². The highest BCUT2D eigenvalue weighted by atomic mass is 32.2. The van der Waals surface area contributed by atoms with Crippen LogP contribution >= 0.6 is 11.8 Å². The van der Waals surface area contributed by atoms with Crippen LogP contribution in [0.3, 0.4) is 0 Å². The fourth-order valence-electron chi connectivity index (χ4n) is 1.65. The normalized spacial score (nSPS) is 10.4. The minimum Gasteiger partial charge on any atom is -0.355 e. The number of nitrogens with one attached hydrogen (secondary N) is 2. The van der Waals surface area contributed by atoms with Crippen LogP contribution in [0.2, 0.25) is 0 Å². The molecular formula is C12H22N6O2S. The zero-order valence-electron chi connectivity index (χ0n) is 12.4. The van der Waals surface area contributed by atoms with E-state index in [1.54, 1.807) is 0 Å². The number of nitrogens with zero attached hydrogens (tertiary/aromatic N) is 3. The highest BCUT2D eigenvalue weighted by Crippen LogP contribution is 2.17. The third kappa shape index (κ3) is 6.13. The Bertz CT molecular complexity index is 476. The van der Waals surface area contributed by atoms with Crippen molar-refractivity contribution in [3.8, 4) is 0 Å². The molecule has 1 heterocycles. The van der Waals surface area contributed by atoms with Gasteiger partial charge in [0.05, 0.1) is 12.3 Å². The Balaban J connectivity index is 2.38. The first-order chi connectivity index (χ1) is 10.1. The first-order valence-electron chi connectivity index (χ1n) is 6.84. The number of hydrogen-bond donors (Lipinski definition) is 3. The molecule has 0 radical (unpaired) electrons. The molecule has 1 aromatic heterocycles. The van der Waals surface area contributed by atoms with Gasteiger partial charge >= 0.3 is 0 Å². The van der Waals surface area contributed by atoms with Crippen molar-refractivity contribution in [1.82, 2.24) is 25.4 Å². The zero-order valence-corrected chi connectivity index (χ0v) is 13.2. The molecule has 0 aliphatic rings. The summed E-state index contributed by atoms with van der Waals surface area (Å²) in [7, 11) is 0. The molecule has 4 N–H and O–H groups in total. The van der Waals surface area contributed by atoms with Crippen LogP contribution in [0.1, 0.15) is 26.1 Å². The fourth-order valence-corrected chi connectivity index (χ4v) is 2.46. The fraction of sp³-hybridized carbons (Fsp3) is 0.667. The average Bonchev–Trinajstić information content (AvgIpc) is 2.84. The molecule has 21 heavy (non-hydrogen) atoms. The number of thioether (sulfide) groups is 1. The van der Waals surface area contributed by atoms with E-state index in [1.165, 1.54) is 18.7 Å². The molecule has 1 aromatic rings. The van der Waals surface area contributed by atoms with E-state index >= 15 is 0 Å². The van der Waals surface area contributed by atoms with Crippen molar-refractivity contribution in [2.75, 3.05) is 18.8 Å². The molecule has 0 aliphatic carbocycles. The maximum atomic E-state index is 11.7. The summed E-state index contributed by atoms with van der Waals surface area (Å²) >= 11 is 1.33. The number of hydrogen-bond acceptors (Lipinski definition) is 6. The van der Waals surface area contributed by atoms with E-state index in [2.05, 4.69) is 27.8 Å². The quantitative estimate of drug-likeness (QED) is 0.418. The molecule has 118 valence electrons. The van der Waals surface area contributed by atoms with E-state index in [0.29, 0.717) is 24.8 Å². The molecule has 0 fully saturated rings. The monoisotopic (exact) mass is 314 g/mol. The van der Waals surface area contributed by atoms with Crippen LogP contribution in [0.25, 0.3) is 0 Å². The van der Waals surface area contributed by atoms with Gasteiger partial charge in [0.25, 0.3) is 0 Å². The Morgan fingerprint density at radius 2 is 2.00 bits per heavy atom. The minimum absolute atomic E-state index is 0.106. The summed E-state index contributed by atoms with van der Waals surface area (Å²) in [5, 5.41) is 14.1. The highest BCUT2D eigenvalue weighted by Gasteiger charge is 2.12. The molecule has 0 saturated carbocycles. The van der Waals surface area contributed by atoms with Gasteiger partial charge in [-0.25, -0.2) is 0 Å². The molecule has 9 heteroatoms. The van der Waals surface area contributed by atoms with E-state index in [0.717, 1.165) is 18.8 Å². The maximum Gasteiger partial charge on any atom is 0.230 e. The standard InChI is InChI=1S/C12H22N6O2S/c1-3-6-18-10(7-13)16-17-12(18)21-8-11(20)15-5-4-14-9(2)19/h3-8,13H2,1-2H3,(H,14,19)(H,15,20). The lowest BCUT2D eigenvalue weighted by Gasteiger charge is -2.08. The molecule has 0 saturated heterocycles. The first-order valence-corrected chi connectivity index (χ1v) is 7.83. The van der Waals surface area contributed by atoms with Crippen LogP contribution in [-0.2, 0) is 22.7 Å². The summed E-state index contributed by atoms with van der Waals surface area (Å²) in [6.07, 6.45) is 0.946. The Morgan fingerprint density at radius 3 is 2.62 bits per heavy atom. The summed E-state index contributed by atoms with van der Waals surface area (Å²) < 4.78 is 1.94. The Labute approximate surface area is 128 Å². The van der Waals surface area contributed by atoms with Gasteiger partial charge in [0.2, 0.25) is 11.8 Å². The molecule has 0 aromatic carbocycles. The number of rotatable bonds is 9. The Hall–Kier alpha value is -1.61. The van der Waals surface area contributed by atoms with E-state index in [-0.39, 0.29) is 17.6 Å². The molecule has 2 amide bonds. The predicted octanol–water partition coefficient (Wildman–Crippen LogP) is -0.509. The van der Waals surface area contributed by atoms with Crippen molar-refractivity contribution in [2.24, 2.45) is 5.73 Å². The topological polar surface area (TPSA) is 115 Å². The van der Waals surface area contributed by atoms with Gasteiger partial charge < -0.3 is 20.9 Å². The maximum absolute atomic E-state index is 11.7. The van der Waals surface area contributed by atoms with Crippen molar-refractivity contribution >= 4 is 23.6 Å². The van der Waals surface area contributed by atoms with Crippen LogP contribution in [0.5, 0.6) is 0 Å². The van der Waals surface area contributed by atoms with Crippen molar-refractivity contribution in [3.05, 3.63) is 5.82 Å². The van der Waals surface area contributed by atoms with E-state index in [1.807, 2.05) is 4.57 Å². The second-order valence-electron chi connectivity index (χ2n) is 4.38. The van der Waals surface area contributed by atoms with Crippen LogP contribution < -0.4 is 16.4 Å². The van der Waals surface area contributed by atoms with Crippen molar-refractivity contribution in [1.29, 1.82) is 0 Å². The lowest BCUT2D eigenvalue weighted by atomic mass is 10.4. The number of carbonyl (C=O) groups excluding carboxylic acids is 2. The van der Waals surface area contributed by atoms with Crippen LogP contribution in [-0.4, -0.2) is 45.4 Å². The Kier molecular flexibility index (Phi) is 7.76. The van der Waals surface area contributed by atoms with Gasteiger partial charge in [-0.1, -0.05) is 18.7 Å². The Morgan fingerprint density at radius 1 is 1.29 bits per heavy atom. The van der Waals surface area contributed by atoms with E-state index in [4.69, 9.17) is 5.73 Å². The summed E-state index contributed by atoms with van der Waals surface area (Å²) in [5.41, 5.74) is 5.61. The largest absolute Gasteiger partial charge is 0.355 e. The molecule has 1 rings (SSSR count). The number of amides is 2. The molecule has 0 atom stereocenters. The molecule has 0 aliphatic heterocycles. The molecule has 0 bridgehead atoms. The van der Waals surface area contributed by atoms with Gasteiger partial charge in [-0.2, -0.15) is 0 Å². The smallest absolute Gasteiger partial charge is 0.230 e. The summed E-state index contributed by atoms with van der Waals surface area (Å²) in [6.45, 7) is 5.45. The molecule has 0 spiro atoms. The van der Waals surface area contributed by atoms with Gasteiger partial charge in [-0.15, -0.1) is 10.2 Å². The molecule has 0 unspecified atom stereocenters. The molecular weight excluding hydrogens is 292 g/mol. The number of aromatic nitrogens is 3. The summed E-state index contributed by atoms with van der Waals surface area (Å²) in [4.78, 5) is 22.4. The van der Waals surface area contributed by atoms with E-state index < -0.39 is 0 Å². The second-order valence-corrected chi connectivity index (χ2v) is 5.32. The third-order valence-corrected chi connectivity index (χ3v) is 3.54. The highest BCUT2D eigenvalue weighted by molar-refractivity contribution is 7.99. The number of nitrogens with two attached hydrogens (primary N) is 1. The third-order valence-electron chi connectivity index (χ3n) is 2.58. The zero-order chi connectivity index (χ0) is 15.7. The summed E-state index contributed by atoms with van der Waals surface area (Å²) in [6, 6.07) is 0. The lowest BCUT2D eigenvalue weighted by Crippen LogP contribution is -2.34. The SMILES string of the molecule is CCCn1c(CN)nnc1SCC(=O)NCCNC(C)=O. The minimum atomic E-state index is -0.111. The molecule has 8 nitrogen and oxygen atoms in total. The van der Waals surface area contributed by atoms with Crippen LogP contribution in [0.15, 0.2) is 5.16 Å².